The highest BCUT2D eigenvalue weighted by molar-refractivity contribution is 5.92. The molecule has 0 radical (unpaired) electrons. The van der Waals surface area contributed by atoms with Crippen molar-refractivity contribution in [3.63, 3.8) is 0 Å². The van der Waals surface area contributed by atoms with Crippen LogP contribution in [0.1, 0.15) is 40.5 Å². The maximum absolute atomic E-state index is 13.1. The normalized spacial score (nSPS) is 16.1. The summed E-state index contributed by atoms with van der Waals surface area (Å²) in [6.07, 6.45) is -0.625. The van der Waals surface area contributed by atoms with E-state index in [1.54, 1.807) is 18.2 Å². The van der Waals surface area contributed by atoms with Gasteiger partial charge in [0.25, 0.3) is 0 Å². The molecule has 3 aromatic rings. The predicted molar refractivity (Wildman–Crippen MR) is 119 cm³/mol. The molecule has 1 aliphatic carbocycles. The van der Waals surface area contributed by atoms with Crippen molar-refractivity contribution in [2.24, 2.45) is 0 Å². The summed E-state index contributed by atoms with van der Waals surface area (Å²) in [4.78, 5) is 25.9. The van der Waals surface area contributed by atoms with Gasteiger partial charge in [0, 0.05) is 18.4 Å². The molecule has 32 heavy (non-hydrogen) atoms. The van der Waals surface area contributed by atoms with Gasteiger partial charge in [0.05, 0.1) is 23.7 Å². The molecule has 6 heteroatoms. The van der Waals surface area contributed by atoms with Crippen molar-refractivity contribution >= 4 is 17.7 Å². The molecular weight excluding hydrogens is 404 g/mol. The van der Waals surface area contributed by atoms with Crippen molar-refractivity contribution in [2.75, 3.05) is 18.1 Å². The van der Waals surface area contributed by atoms with Crippen LogP contribution in [0.15, 0.2) is 66.7 Å². The van der Waals surface area contributed by atoms with Crippen molar-refractivity contribution in [3.8, 4) is 17.2 Å². The van der Waals surface area contributed by atoms with E-state index < -0.39 is 12.1 Å². The van der Waals surface area contributed by atoms with Crippen molar-refractivity contribution in [3.05, 3.63) is 89.0 Å². The fourth-order valence-electron chi connectivity index (χ4n) is 4.84. The summed E-state index contributed by atoms with van der Waals surface area (Å²) >= 11 is 0. The first-order chi connectivity index (χ1) is 15.6. The molecule has 0 saturated carbocycles. The highest BCUT2D eigenvalue weighted by Crippen LogP contribution is 2.45. The molecule has 0 aromatic heterocycles. The number of rotatable bonds is 4. The highest BCUT2D eigenvalue weighted by Gasteiger charge is 2.36. The molecule has 6 nitrogen and oxygen atoms in total. The molecule has 2 aliphatic rings. The third-order valence-corrected chi connectivity index (χ3v) is 6.27. The predicted octanol–water partition coefficient (Wildman–Crippen LogP) is 4.89. The van der Waals surface area contributed by atoms with Crippen LogP contribution in [-0.2, 0) is 9.53 Å². The number of amides is 1. The summed E-state index contributed by atoms with van der Waals surface area (Å²) < 4.78 is 5.76. The van der Waals surface area contributed by atoms with Gasteiger partial charge in [-0.15, -0.1) is 0 Å². The van der Waals surface area contributed by atoms with Gasteiger partial charge in [-0.25, -0.2) is 4.79 Å². The number of nitrogens with zero attached hydrogens (tertiary/aromatic N) is 2. The van der Waals surface area contributed by atoms with Gasteiger partial charge >= 0.3 is 12.1 Å². The zero-order chi connectivity index (χ0) is 22.2. The average Bonchev–Trinajstić information content (AvgIpc) is 3.32. The smallest absolute Gasteiger partial charge is 0.414 e. The lowest BCUT2D eigenvalue weighted by Gasteiger charge is -2.20. The first-order valence-corrected chi connectivity index (χ1v) is 10.4. The van der Waals surface area contributed by atoms with Gasteiger partial charge in [0.15, 0.2) is 0 Å². The van der Waals surface area contributed by atoms with Crippen LogP contribution in [0.4, 0.5) is 10.5 Å². The summed E-state index contributed by atoms with van der Waals surface area (Å²) in [7, 11) is 0. The van der Waals surface area contributed by atoms with Crippen LogP contribution in [0.25, 0.3) is 11.1 Å². The summed E-state index contributed by atoms with van der Waals surface area (Å²) in [6, 6.07) is 23.3. The molecular formula is C26H20N2O4. The maximum atomic E-state index is 13.1. The van der Waals surface area contributed by atoms with Crippen molar-refractivity contribution < 1.29 is 19.4 Å². The molecule has 0 spiro atoms. The topological polar surface area (TPSA) is 90.6 Å². The number of carbonyl (C=O) groups is 2. The standard InChI is InChI=1S/C26H20N2O4/c27-13-16-9-10-24-22(11-16)17(12-25(29)30)14-28(24)26(31)32-15-23-20-7-3-1-5-18(20)19-6-2-4-8-21(19)23/h1-11,17,23H,12,14-15H2,(H,29,30). The Kier molecular flexibility index (Phi) is 4.87. The van der Waals surface area contributed by atoms with Crippen LogP contribution in [0.5, 0.6) is 0 Å². The van der Waals surface area contributed by atoms with Crippen LogP contribution in [0, 0.1) is 11.3 Å². The minimum absolute atomic E-state index is 0.0517. The molecule has 5 rings (SSSR count). The molecule has 0 fully saturated rings. The maximum Gasteiger partial charge on any atom is 0.414 e. The summed E-state index contributed by atoms with van der Waals surface area (Å²) in [5.74, 6) is -1.38. The van der Waals surface area contributed by atoms with Crippen molar-refractivity contribution in [1.29, 1.82) is 5.26 Å². The van der Waals surface area contributed by atoms with E-state index in [-0.39, 0.29) is 31.4 Å². The monoisotopic (exact) mass is 424 g/mol. The highest BCUT2D eigenvalue weighted by atomic mass is 16.6. The summed E-state index contributed by atoms with van der Waals surface area (Å²) in [5, 5.41) is 18.5. The number of hydrogen-bond donors (Lipinski definition) is 1. The van der Waals surface area contributed by atoms with Gasteiger partial charge in [-0.1, -0.05) is 48.5 Å². The van der Waals surface area contributed by atoms with Gasteiger partial charge in [0.1, 0.15) is 6.61 Å². The second-order valence-corrected chi connectivity index (χ2v) is 8.09. The van der Waals surface area contributed by atoms with Gasteiger partial charge in [-0.2, -0.15) is 5.26 Å². The number of nitriles is 1. The quantitative estimate of drug-likeness (QED) is 0.644. The third-order valence-electron chi connectivity index (χ3n) is 6.27. The van der Waals surface area contributed by atoms with Crippen LogP contribution >= 0.6 is 0 Å². The summed E-state index contributed by atoms with van der Waals surface area (Å²) in [5.41, 5.74) is 6.31. The number of benzene rings is 3. The molecule has 1 heterocycles. The second kappa shape index (κ2) is 7.86. The lowest BCUT2D eigenvalue weighted by atomic mass is 9.96. The zero-order valence-electron chi connectivity index (χ0n) is 17.2. The van der Waals surface area contributed by atoms with Crippen LogP contribution in [0.3, 0.4) is 0 Å². The Balaban J connectivity index is 1.39. The Morgan fingerprint density at radius 3 is 2.28 bits per heavy atom. The number of anilines is 1. The summed E-state index contributed by atoms with van der Waals surface area (Å²) in [6.45, 7) is 0.408. The number of carbonyl (C=O) groups excluding carboxylic acids is 1. The molecule has 1 unspecified atom stereocenters. The average molecular weight is 424 g/mol. The molecule has 0 bridgehead atoms. The first-order valence-electron chi connectivity index (χ1n) is 10.4. The molecule has 1 amide bonds. The third kappa shape index (κ3) is 3.28. The Hall–Kier alpha value is -4.11. The van der Waals surface area contributed by atoms with E-state index in [1.807, 2.05) is 24.3 Å². The van der Waals surface area contributed by atoms with Gasteiger partial charge in [-0.3, -0.25) is 9.69 Å². The molecule has 1 aliphatic heterocycles. The number of aliphatic carboxylic acids is 1. The molecule has 158 valence electrons. The van der Waals surface area contributed by atoms with E-state index in [2.05, 4.69) is 30.3 Å². The van der Waals surface area contributed by atoms with E-state index in [4.69, 9.17) is 4.74 Å². The number of carboxylic acids is 1. The zero-order valence-corrected chi connectivity index (χ0v) is 17.2. The molecule has 0 saturated heterocycles. The molecule has 1 atom stereocenters. The second-order valence-electron chi connectivity index (χ2n) is 8.09. The fraction of sp³-hybridized carbons (Fsp3) is 0.192. The van der Waals surface area contributed by atoms with Crippen LogP contribution < -0.4 is 4.90 Å². The molecule has 1 N–H and O–H groups in total. The number of hydrogen-bond acceptors (Lipinski definition) is 4. The Morgan fingerprint density at radius 1 is 1.00 bits per heavy atom. The minimum atomic E-state index is -0.947. The Labute approximate surface area is 185 Å². The molecule has 3 aromatic carbocycles. The van der Waals surface area contributed by atoms with Crippen molar-refractivity contribution in [1.82, 2.24) is 0 Å². The van der Waals surface area contributed by atoms with Crippen molar-refractivity contribution in [2.45, 2.75) is 18.3 Å². The van der Waals surface area contributed by atoms with Gasteiger partial charge in [-0.05, 0) is 46.0 Å². The lowest BCUT2D eigenvalue weighted by molar-refractivity contribution is -0.137. The van der Waals surface area contributed by atoms with E-state index in [9.17, 15) is 20.0 Å². The van der Waals surface area contributed by atoms with Crippen LogP contribution in [0.2, 0.25) is 0 Å². The van der Waals surface area contributed by atoms with E-state index in [1.165, 1.54) is 4.90 Å². The Morgan fingerprint density at radius 2 is 1.66 bits per heavy atom. The van der Waals surface area contributed by atoms with E-state index in [0.29, 0.717) is 16.8 Å². The number of fused-ring (bicyclic) bond motifs is 4. The number of carboxylic acid groups (broad SMARTS) is 1. The van der Waals surface area contributed by atoms with E-state index >= 15 is 0 Å². The van der Waals surface area contributed by atoms with Gasteiger partial charge in [0.2, 0.25) is 0 Å². The van der Waals surface area contributed by atoms with Crippen LogP contribution in [-0.4, -0.2) is 30.3 Å². The fourth-order valence-corrected chi connectivity index (χ4v) is 4.84. The Bertz CT molecular complexity index is 1230. The number of ether oxygens (including phenoxy) is 1. The lowest BCUT2D eigenvalue weighted by Crippen LogP contribution is -2.31. The van der Waals surface area contributed by atoms with E-state index in [0.717, 1.165) is 22.3 Å². The first kappa shape index (κ1) is 19.8. The van der Waals surface area contributed by atoms with Gasteiger partial charge < -0.3 is 9.84 Å². The largest absolute Gasteiger partial charge is 0.481 e. The minimum Gasteiger partial charge on any atom is -0.481 e. The SMILES string of the molecule is N#Cc1ccc2c(c1)C(CC(=O)O)CN2C(=O)OCC1c2ccccc2-c2ccccc21.